The minimum Gasteiger partial charge on any atom is -0.388 e. The minimum absolute atomic E-state index is 0.302. The third-order valence-electron chi connectivity index (χ3n) is 3.61. The van der Waals surface area contributed by atoms with Gasteiger partial charge < -0.3 is 5.11 Å². The molecule has 94 valence electrons. The Morgan fingerprint density at radius 3 is 2.47 bits per heavy atom. The quantitative estimate of drug-likeness (QED) is 0.781. The van der Waals surface area contributed by atoms with Crippen LogP contribution in [0.25, 0.3) is 0 Å². The highest BCUT2D eigenvalue weighted by molar-refractivity contribution is 7.99. The number of aliphatic hydroxyl groups is 1. The summed E-state index contributed by atoms with van der Waals surface area (Å²) in [4.78, 5) is 1.34. The van der Waals surface area contributed by atoms with Crippen molar-refractivity contribution in [2.24, 2.45) is 5.92 Å². The van der Waals surface area contributed by atoms with Crippen molar-refractivity contribution in [1.82, 2.24) is 0 Å². The second-order valence-electron chi connectivity index (χ2n) is 4.95. The van der Waals surface area contributed by atoms with Gasteiger partial charge in [0.05, 0.1) is 6.10 Å². The number of hydrogen-bond donors (Lipinski definition) is 1. The van der Waals surface area contributed by atoms with Crippen LogP contribution in [-0.2, 0) is 0 Å². The number of thioether (sulfide) groups is 1. The zero-order chi connectivity index (χ0) is 12.1. The monoisotopic (exact) mass is 250 g/mol. The molecule has 1 unspecified atom stereocenters. The summed E-state index contributed by atoms with van der Waals surface area (Å²) in [5, 5.41) is 9.72. The summed E-state index contributed by atoms with van der Waals surface area (Å²) >= 11 is 1.96. The summed E-state index contributed by atoms with van der Waals surface area (Å²) in [6, 6.07) is 8.41. The number of hydrogen-bond acceptors (Lipinski definition) is 2. The van der Waals surface area contributed by atoms with Gasteiger partial charge in [0.2, 0.25) is 0 Å². The molecule has 0 bridgehead atoms. The van der Waals surface area contributed by atoms with Crippen LogP contribution < -0.4 is 0 Å². The molecule has 2 heteroatoms. The van der Waals surface area contributed by atoms with Gasteiger partial charge in [-0.25, -0.2) is 0 Å². The maximum Gasteiger partial charge on any atom is 0.0787 e. The molecule has 2 rings (SSSR count). The van der Waals surface area contributed by atoms with Gasteiger partial charge in [0, 0.05) is 10.6 Å². The molecule has 1 N–H and O–H groups in total. The average Bonchev–Trinajstić information content (AvgIpc) is 2.89. The zero-order valence-corrected chi connectivity index (χ0v) is 11.4. The van der Waals surface area contributed by atoms with Crippen molar-refractivity contribution in [3.63, 3.8) is 0 Å². The molecule has 0 saturated heterocycles. The Morgan fingerprint density at radius 1 is 1.24 bits per heavy atom. The van der Waals surface area contributed by atoms with Crippen LogP contribution in [-0.4, -0.2) is 10.9 Å². The molecule has 1 nitrogen and oxygen atoms in total. The smallest absolute Gasteiger partial charge is 0.0787 e. The van der Waals surface area contributed by atoms with E-state index in [1.54, 1.807) is 0 Å². The predicted octanol–water partition coefficient (Wildman–Crippen LogP) is 4.41. The third kappa shape index (κ3) is 3.75. The van der Waals surface area contributed by atoms with Gasteiger partial charge in [-0.05, 0) is 42.9 Å². The first-order valence-electron chi connectivity index (χ1n) is 6.70. The Labute approximate surface area is 109 Å². The van der Waals surface area contributed by atoms with E-state index in [0.717, 1.165) is 17.9 Å². The summed E-state index contributed by atoms with van der Waals surface area (Å²) in [5.41, 5.74) is 1.04. The lowest BCUT2D eigenvalue weighted by atomic mass is 10.1. The topological polar surface area (TPSA) is 20.2 Å². The van der Waals surface area contributed by atoms with Gasteiger partial charge in [-0.3, -0.25) is 0 Å². The molecule has 0 aliphatic heterocycles. The second-order valence-corrected chi connectivity index (χ2v) is 6.05. The molecule has 0 heterocycles. The Kier molecular flexibility index (Phi) is 4.93. The number of aliphatic hydroxyl groups excluding tert-OH is 1. The van der Waals surface area contributed by atoms with Crippen molar-refractivity contribution in [2.45, 2.75) is 50.0 Å². The summed E-state index contributed by atoms with van der Waals surface area (Å²) in [5.74, 6) is 2.19. The first-order chi connectivity index (χ1) is 8.29. The molecule has 0 amide bonds. The van der Waals surface area contributed by atoms with Gasteiger partial charge in [-0.15, -0.1) is 11.8 Å². The summed E-state index contributed by atoms with van der Waals surface area (Å²) in [6.45, 7) is 2.01. The van der Waals surface area contributed by atoms with Gasteiger partial charge in [0.25, 0.3) is 0 Å². The van der Waals surface area contributed by atoms with Crippen LogP contribution in [0, 0.1) is 5.92 Å². The molecule has 1 atom stereocenters. The molecule has 1 aliphatic rings. The fourth-order valence-corrected chi connectivity index (χ4v) is 3.50. The SMILES string of the molecule is CCC(O)c1ccc(SCC2CCCC2)cc1. The van der Waals surface area contributed by atoms with Crippen molar-refractivity contribution in [1.29, 1.82) is 0 Å². The van der Waals surface area contributed by atoms with E-state index in [0.29, 0.717) is 0 Å². The van der Waals surface area contributed by atoms with E-state index < -0.39 is 0 Å². The van der Waals surface area contributed by atoms with E-state index in [2.05, 4.69) is 24.3 Å². The number of benzene rings is 1. The van der Waals surface area contributed by atoms with Crippen LogP contribution >= 0.6 is 11.8 Å². The first kappa shape index (κ1) is 13.0. The molecular weight excluding hydrogens is 228 g/mol. The number of rotatable bonds is 5. The molecule has 1 aliphatic carbocycles. The Bertz CT molecular complexity index is 327. The Morgan fingerprint density at radius 2 is 1.88 bits per heavy atom. The van der Waals surface area contributed by atoms with Gasteiger partial charge in [0.15, 0.2) is 0 Å². The molecule has 0 spiro atoms. The molecule has 0 radical (unpaired) electrons. The van der Waals surface area contributed by atoms with Crippen LogP contribution in [0.1, 0.15) is 50.7 Å². The van der Waals surface area contributed by atoms with E-state index in [-0.39, 0.29) is 6.10 Å². The van der Waals surface area contributed by atoms with Crippen LogP contribution in [0.5, 0.6) is 0 Å². The van der Waals surface area contributed by atoms with Crippen molar-refractivity contribution >= 4 is 11.8 Å². The highest BCUT2D eigenvalue weighted by atomic mass is 32.2. The van der Waals surface area contributed by atoms with E-state index in [4.69, 9.17) is 0 Å². The molecule has 0 aromatic heterocycles. The van der Waals surface area contributed by atoms with Crippen LogP contribution in [0.3, 0.4) is 0 Å². The van der Waals surface area contributed by atoms with E-state index in [1.807, 2.05) is 18.7 Å². The van der Waals surface area contributed by atoms with Crippen molar-refractivity contribution in [3.8, 4) is 0 Å². The highest BCUT2D eigenvalue weighted by Gasteiger charge is 2.14. The Hall–Kier alpha value is -0.470. The van der Waals surface area contributed by atoms with Gasteiger partial charge >= 0.3 is 0 Å². The molecule has 17 heavy (non-hydrogen) atoms. The summed E-state index contributed by atoms with van der Waals surface area (Å²) in [6.07, 6.45) is 6.16. The standard InChI is InChI=1S/C15H22OS/c1-2-15(16)13-7-9-14(10-8-13)17-11-12-5-3-4-6-12/h7-10,12,15-16H,2-6,11H2,1H3. The highest BCUT2D eigenvalue weighted by Crippen LogP contribution is 2.31. The second kappa shape index (κ2) is 6.46. The molecular formula is C15H22OS. The zero-order valence-electron chi connectivity index (χ0n) is 10.6. The van der Waals surface area contributed by atoms with E-state index >= 15 is 0 Å². The first-order valence-corrected chi connectivity index (χ1v) is 7.69. The molecule has 1 aromatic carbocycles. The predicted molar refractivity (Wildman–Crippen MR) is 74.4 cm³/mol. The Balaban J connectivity index is 1.84. The summed E-state index contributed by atoms with van der Waals surface area (Å²) < 4.78 is 0. The van der Waals surface area contributed by atoms with E-state index in [9.17, 15) is 5.11 Å². The molecule has 1 fully saturated rings. The largest absolute Gasteiger partial charge is 0.388 e. The van der Waals surface area contributed by atoms with Crippen molar-refractivity contribution in [2.75, 3.05) is 5.75 Å². The fourth-order valence-electron chi connectivity index (χ4n) is 2.41. The molecule has 1 aromatic rings. The van der Waals surface area contributed by atoms with Crippen LogP contribution in [0.4, 0.5) is 0 Å². The van der Waals surface area contributed by atoms with Gasteiger partial charge in [-0.1, -0.05) is 31.9 Å². The van der Waals surface area contributed by atoms with Gasteiger partial charge in [-0.2, -0.15) is 0 Å². The maximum absolute atomic E-state index is 9.72. The molecule has 1 saturated carbocycles. The maximum atomic E-state index is 9.72. The summed E-state index contributed by atoms with van der Waals surface area (Å²) in [7, 11) is 0. The van der Waals surface area contributed by atoms with Crippen LogP contribution in [0.15, 0.2) is 29.2 Å². The minimum atomic E-state index is -0.302. The lowest BCUT2D eigenvalue weighted by Gasteiger charge is -2.10. The van der Waals surface area contributed by atoms with Crippen LogP contribution in [0.2, 0.25) is 0 Å². The lowest BCUT2D eigenvalue weighted by Crippen LogP contribution is -1.97. The average molecular weight is 250 g/mol. The fraction of sp³-hybridized carbons (Fsp3) is 0.600. The normalized spacial score (nSPS) is 18.5. The van der Waals surface area contributed by atoms with Crippen molar-refractivity contribution < 1.29 is 5.11 Å². The van der Waals surface area contributed by atoms with Gasteiger partial charge in [0.1, 0.15) is 0 Å². The lowest BCUT2D eigenvalue weighted by molar-refractivity contribution is 0.173. The third-order valence-corrected chi connectivity index (χ3v) is 4.86. The van der Waals surface area contributed by atoms with Crippen molar-refractivity contribution in [3.05, 3.63) is 29.8 Å². The van der Waals surface area contributed by atoms with E-state index in [1.165, 1.54) is 36.3 Å².